The van der Waals surface area contributed by atoms with Gasteiger partial charge in [0.25, 0.3) is 0 Å². The SMILES string of the molecule is C1CCc2sc(CN(CC3CCN(C4CCCC4)CC3)C[C@H]3CCCO3)nc2C1. The first-order valence-electron chi connectivity index (χ1n) is 12.4. The zero-order valence-electron chi connectivity index (χ0n) is 18.1. The molecule has 4 aliphatic rings. The van der Waals surface area contributed by atoms with Crippen LogP contribution in [0.3, 0.4) is 0 Å². The van der Waals surface area contributed by atoms with Crippen molar-refractivity contribution in [3.63, 3.8) is 0 Å². The van der Waals surface area contributed by atoms with Crippen molar-refractivity contribution in [2.45, 2.75) is 95.7 Å². The molecule has 1 aromatic heterocycles. The molecule has 0 bridgehead atoms. The van der Waals surface area contributed by atoms with E-state index in [0.717, 1.165) is 31.7 Å². The Labute approximate surface area is 181 Å². The van der Waals surface area contributed by atoms with E-state index in [2.05, 4.69) is 9.80 Å². The summed E-state index contributed by atoms with van der Waals surface area (Å²) in [5, 5.41) is 1.36. The number of hydrogen-bond acceptors (Lipinski definition) is 5. The molecule has 29 heavy (non-hydrogen) atoms. The van der Waals surface area contributed by atoms with Gasteiger partial charge in [0.2, 0.25) is 0 Å². The van der Waals surface area contributed by atoms with Gasteiger partial charge in [-0.25, -0.2) is 4.98 Å². The number of nitrogens with zero attached hydrogens (tertiary/aromatic N) is 3. The third-order valence-electron chi connectivity index (χ3n) is 7.74. The second-order valence-electron chi connectivity index (χ2n) is 9.93. The second-order valence-corrected chi connectivity index (χ2v) is 11.1. The predicted molar refractivity (Wildman–Crippen MR) is 120 cm³/mol. The van der Waals surface area contributed by atoms with Crippen molar-refractivity contribution in [1.82, 2.24) is 14.8 Å². The molecule has 1 saturated carbocycles. The van der Waals surface area contributed by atoms with Crippen molar-refractivity contribution in [2.75, 3.05) is 32.8 Å². The van der Waals surface area contributed by atoms with Crippen LogP contribution in [-0.2, 0) is 24.1 Å². The molecule has 0 aromatic carbocycles. The highest BCUT2D eigenvalue weighted by Gasteiger charge is 2.29. The van der Waals surface area contributed by atoms with Gasteiger partial charge in [-0.2, -0.15) is 0 Å². The molecule has 4 nitrogen and oxygen atoms in total. The molecule has 0 spiro atoms. The Morgan fingerprint density at radius 3 is 2.52 bits per heavy atom. The van der Waals surface area contributed by atoms with Crippen LogP contribution in [0.5, 0.6) is 0 Å². The van der Waals surface area contributed by atoms with E-state index in [1.165, 1.54) is 107 Å². The normalized spacial score (nSPS) is 27.1. The standard InChI is InChI=1S/C24H39N3OS/c1-2-7-20(6-1)27-13-11-19(12-14-27)16-26(17-21-8-5-15-28-21)18-24-25-22-9-3-4-10-23(22)29-24/h19-21H,1-18H2/t21-/m1/s1. The van der Waals surface area contributed by atoms with E-state index in [4.69, 9.17) is 9.72 Å². The lowest BCUT2D eigenvalue weighted by molar-refractivity contribution is 0.0539. The van der Waals surface area contributed by atoms with Crippen molar-refractivity contribution >= 4 is 11.3 Å². The molecule has 1 aromatic rings. The lowest BCUT2D eigenvalue weighted by Crippen LogP contribution is -2.43. The molecule has 0 radical (unpaired) electrons. The van der Waals surface area contributed by atoms with Crippen molar-refractivity contribution in [3.8, 4) is 0 Å². The molecule has 1 atom stereocenters. The van der Waals surface area contributed by atoms with Gasteiger partial charge in [0, 0.05) is 30.6 Å². The quantitative estimate of drug-likeness (QED) is 0.645. The Balaban J connectivity index is 1.18. The minimum Gasteiger partial charge on any atom is -0.377 e. The number of likely N-dealkylation sites (tertiary alicyclic amines) is 1. The number of hydrogen-bond donors (Lipinski definition) is 0. The monoisotopic (exact) mass is 417 g/mol. The van der Waals surface area contributed by atoms with Crippen molar-refractivity contribution in [1.29, 1.82) is 0 Å². The maximum Gasteiger partial charge on any atom is 0.107 e. The Kier molecular flexibility index (Phi) is 6.87. The first-order chi connectivity index (χ1) is 14.3. The Morgan fingerprint density at radius 2 is 1.76 bits per heavy atom. The zero-order chi connectivity index (χ0) is 19.5. The van der Waals surface area contributed by atoms with Crippen LogP contribution >= 0.6 is 11.3 Å². The van der Waals surface area contributed by atoms with E-state index in [9.17, 15) is 0 Å². The molecular formula is C24H39N3OS. The van der Waals surface area contributed by atoms with Crippen molar-refractivity contribution < 1.29 is 4.74 Å². The van der Waals surface area contributed by atoms with Gasteiger partial charge in [0.1, 0.15) is 5.01 Å². The summed E-state index contributed by atoms with van der Waals surface area (Å²) in [5.41, 5.74) is 1.41. The Hall–Kier alpha value is -0.490. The van der Waals surface area contributed by atoms with Crippen molar-refractivity contribution in [3.05, 3.63) is 15.6 Å². The minimum atomic E-state index is 0.447. The molecule has 2 aliphatic carbocycles. The maximum atomic E-state index is 6.01. The molecule has 162 valence electrons. The summed E-state index contributed by atoms with van der Waals surface area (Å²) >= 11 is 2.00. The number of aromatic nitrogens is 1. The van der Waals surface area contributed by atoms with Crippen molar-refractivity contribution in [2.24, 2.45) is 5.92 Å². The molecule has 0 unspecified atom stereocenters. The number of rotatable bonds is 7. The van der Waals surface area contributed by atoms with Gasteiger partial charge in [-0.15, -0.1) is 11.3 Å². The zero-order valence-corrected chi connectivity index (χ0v) is 18.9. The highest BCUT2D eigenvalue weighted by Crippen LogP contribution is 2.30. The minimum absolute atomic E-state index is 0.447. The molecule has 3 fully saturated rings. The molecule has 5 rings (SSSR count). The maximum absolute atomic E-state index is 6.01. The van der Waals surface area contributed by atoms with Gasteiger partial charge in [-0.3, -0.25) is 4.90 Å². The van der Waals surface area contributed by atoms with Crippen LogP contribution in [0.25, 0.3) is 0 Å². The van der Waals surface area contributed by atoms with E-state index in [-0.39, 0.29) is 0 Å². The summed E-state index contributed by atoms with van der Waals surface area (Å²) in [6.45, 7) is 7.00. The van der Waals surface area contributed by atoms with E-state index in [0.29, 0.717) is 6.10 Å². The second kappa shape index (κ2) is 9.76. The number of ether oxygens (including phenoxy) is 1. The molecular weight excluding hydrogens is 378 g/mol. The van der Waals surface area contributed by atoms with Crippen LogP contribution in [0.1, 0.15) is 79.8 Å². The molecule has 0 N–H and O–H groups in total. The van der Waals surface area contributed by atoms with Gasteiger partial charge in [0.15, 0.2) is 0 Å². The predicted octanol–water partition coefficient (Wildman–Crippen LogP) is 4.66. The van der Waals surface area contributed by atoms with Crippen LogP contribution in [0.2, 0.25) is 0 Å². The first-order valence-corrected chi connectivity index (χ1v) is 13.2. The highest BCUT2D eigenvalue weighted by atomic mass is 32.1. The van der Waals surface area contributed by atoms with E-state index in [1.807, 2.05) is 11.3 Å². The highest BCUT2D eigenvalue weighted by molar-refractivity contribution is 7.11. The number of aryl methyl sites for hydroxylation is 2. The summed E-state index contributed by atoms with van der Waals surface area (Å²) < 4.78 is 6.01. The molecule has 2 aliphatic heterocycles. The van der Waals surface area contributed by atoms with Crippen LogP contribution in [0, 0.1) is 5.92 Å². The van der Waals surface area contributed by atoms with Gasteiger partial charge in [0.05, 0.1) is 18.3 Å². The summed E-state index contributed by atoms with van der Waals surface area (Å²) in [7, 11) is 0. The molecule has 5 heteroatoms. The number of thiazole rings is 1. The summed E-state index contributed by atoms with van der Waals surface area (Å²) in [4.78, 5) is 12.1. The average molecular weight is 418 g/mol. The van der Waals surface area contributed by atoms with E-state index in [1.54, 1.807) is 4.88 Å². The lowest BCUT2D eigenvalue weighted by Gasteiger charge is -2.38. The van der Waals surface area contributed by atoms with Crippen LogP contribution < -0.4 is 0 Å². The average Bonchev–Trinajstić information content (AvgIpc) is 3.50. The topological polar surface area (TPSA) is 28.6 Å². The fraction of sp³-hybridized carbons (Fsp3) is 0.875. The fourth-order valence-corrected chi connectivity index (χ4v) is 7.28. The fourth-order valence-electron chi connectivity index (χ4n) is 6.08. The largest absolute Gasteiger partial charge is 0.377 e. The Bertz CT molecular complexity index is 619. The van der Waals surface area contributed by atoms with Crippen LogP contribution in [0.15, 0.2) is 0 Å². The van der Waals surface area contributed by atoms with E-state index >= 15 is 0 Å². The van der Waals surface area contributed by atoms with Gasteiger partial charge < -0.3 is 9.64 Å². The summed E-state index contributed by atoms with van der Waals surface area (Å²) in [5.74, 6) is 0.851. The van der Waals surface area contributed by atoms with E-state index < -0.39 is 0 Å². The third-order valence-corrected chi connectivity index (χ3v) is 8.88. The third kappa shape index (κ3) is 5.23. The summed E-state index contributed by atoms with van der Waals surface area (Å²) in [6, 6.07) is 0.903. The number of fused-ring (bicyclic) bond motifs is 1. The Morgan fingerprint density at radius 1 is 0.931 bits per heavy atom. The van der Waals surface area contributed by atoms with Gasteiger partial charge in [-0.05, 0) is 83.2 Å². The smallest absolute Gasteiger partial charge is 0.107 e. The molecule has 3 heterocycles. The van der Waals surface area contributed by atoms with Crippen LogP contribution in [0.4, 0.5) is 0 Å². The first kappa shape index (κ1) is 20.4. The lowest BCUT2D eigenvalue weighted by atomic mass is 9.94. The molecule has 0 amide bonds. The summed E-state index contributed by atoms with van der Waals surface area (Å²) in [6.07, 6.45) is 16.7. The number of piperidine rings is 1. The van der Waals surface area contributed by atoms with Gasteiger partial charge >= 0.3 is 0 Å². The molecule has 2 saturated heterocycles. The van der Waals surface area contributed by atoms with Gasteiger partial charge in [-0.1, -0.05) is 12.8 Å². The van der Waals surface area contributed by atoms with Crippen LogP contribution in [-0.4, -0.2) is 59.7 Å².